The minimum absolute atomic E-state index is 0.236. The van der Waals surface area contributed by atoms with E-state index in [1.165, 1.54) is 22.4 Å². The highest BCUT2D eigenvalue weighted by atomic mass is 16.5. The zero-order valence-corrected chi connectivity index (χ0v) is 12.1. The number of fused-ring (bicyclic) bond motifs is 1. The van der Waals surface area contributed by atoms with Gasteiger partial charge in [0.1, 0.15) is 0 Å². The van der Waals surface area contributed by atoms with Crippen molar-refractivity contribution >= 4 is 5.69 Å². The largest absolute Gasteiger partial charge is 0.376 e. The molecule has 0 saturated carbocycles. The Morgan fingerprint density at radius 1 is 1.05 bits per heavy atom. The van der Waals surface area contributed by atoms with Crippen LogP contribution < -0.4 is 5.32 Å². The molecule has 2 aromatic rings. The maximum Gasteiger partial charge on any atom is 0.0751 e. The summed E-state index contributed by atoms with van der Waals surface area (Å²) >= 11 is 0. The number of hydrogen-bond acceptors (Lipinski definition) is 2. The van der Waals surface area contributed by atoms with E-state index < -0.39 is 0 Å². The molecule has 0 fully saturated rings. The molecule has 0 saturated heterocycles. The third kappa shape index (κ3) is 2.56. The van der Waals surface area contributed by atoms with Gasteiger partial charge in [-0.25, -0.2) is 0 Å². The molecule has 0 spiro atoms. The van der Waals surface area contributed by atoms with E-state index in [2.05, 4.69) is 67.7 Å². The molecular weight excluding hydrogens is 246 g/mol. The highest BCUT2D eigenvalue weighted by Gasteiger charge is 2.21. The van der Waals surface area contributed by atoms with Crippen LogP contribution in [0.2, 0.25) is 0 Å². The molecule has 20 heavy (non-hydrogen) atoms. The predicted octanol–water partition coefficient (Wildman–Crippen LogP) is 4.49. The zero-order valence-electron chi connectivity index (χ0n) is 12.1. The van der Waals surface area contributed by atoms with Gasteiger partial charge in [0.05, 0.1) is 19.3 Å². The smallest absolute Gasteiger partial charge is 0.0751 e. The fraction of sp³-hybridized carbons (Fsp3) is 0.333. The van der Waals surface area contributed by atoms with Crippen LogP contribution in [0.4, 0.5) is 5.69 Å². The maximum absolute atomic E-state index is 5.72. The van der Waals surface area contributed by atoms with Gasteiger partial charge in [0, 0.05) is 5.69 Å². The molecule has 3 rings (SSSR count). The van der Waals surface area contributed by atoms with Crippen LogP contribution in [0.1, 0.15) is 42.5 Å². The van der Waals surface area contributed by atoms with Gasteiger partial charge < -0.3 is 10.1 Å². The second-order valence-corrected chi connectivity index (χ2v) is 5.65. The van der Waals surface area contributed by atoms with Crippen LogP contribution in [-0.4, -0.2) is 6.61 Å². The van der Waals surface area contributed by atoms with Gasteiger partial charge in [-0.05, 0) is 28.7 Å². The van der Waals surface area contributed by atoms with Crippen molar-refractivity contribution in [2.24, 2.45) is 0 Å². The summed E-state index contributed by atoms with van der Waals surface area (Å²) in [6.07, 6.45) is 0. The first kappa shape index (κ1) is 13.2. The van der Waals surface area contributed by atoms with Gasteiger partial charge >= 0.3 is 0 Å². The van der Waals surface area contributed by atoms with Crippen molar-refractivity contribution in [1.29, 1.82) is 0 Å². The summed E-state index contributed by atoms with van der Waals surface area (Å²) in [6, 6.07) is 17.3. The first-order valence-electron chi connectivity index (χ1n) is 7.26. The number of ether oxygens (including phenoxy) is 1. The Hall–Kier alpha value is -1.80. The third-order valence-corrected chi connectivity index (χ3v) is 3.89. The lowest BCUT2D eigenvalue weighted by Gasteiger charge is -2.28. The minimum Gasteiger partial charge on any atom is -0.376 e. The molecule has 2 aromatic carbocycles. The third-order valence-electron chi connectivity index (χ3n) is 3.89. The van der Waals surface area contributed by atoms with Gasteiger partial charge in [0.2, 0.25) is 0 Å². The van der Waals surface area contributed by atoms with Crippen molar-refractivity contribution in [3.63, 3.8) is 0 Å². The first-order chi connectivity index (χ1) is 9.75. The molecular formula is C18H21NO. The Balaban J connectivity index is 1.90. The fourth-order valence-electron chi connectivity index (χ4n) is 2.82. The first-order valence-corrected chi connectivity index (χ1v) is 7.26. The minimum atomic E-state index is 0.236. The summed E-state index contributed by atoms with van der Waals surface area (Å²) < 4.78 is 5.72. The van der Waals surface area contributed by atoms with Crippen LogP contribution in [0, 0.1) is 0 Å². The van der Waals surface area contributed by atoms with E-state index in [0.29, 0.717) is 5.92 Å². The molecule has 1 N–H and O–H groups in total. The second kappa shape index (κ2) is 5.68. The van der Waals surface area contributed by atoms with Crippen molar-refractivity contribution in [2.75, 3.05) is 11.9 Å². The van der Waals surface area contributed by atoms with Crippen LogP contribution in [-0.2, 0) is 11.3 Å². The van der Waals surface area contributed by atoms with Crippen molar-refractivity contribution < 1.29 is 4.74 Å². The highest BCUT2D eigenvalue weighted by Crippen LogP contribution is 2.31. The van der Waals surface area contributed by atoms with E-state index in [0.717, 1.165) is 13.2 Å². The van der Waals surface area contributed by atoms with Gasteiger partial charge in [-0.15, -0.1) is 0 Å². The Bertz CT molecular complexity index is 591. The molecule has 0 amide bonds. The molecule has 1 heterocycles. The van der Waals surface area contributed by atoms with Crippen molar-refractivity contribution in [3.05, 3.63) is 65.2 Å². The standard InChI is InChI=1S/C18H21NO/c1-13(2)15-8-5-6-10-17(15)19-18-12-20-11-14-7-3-4-9-16(14)18/h3-10,13,18-19H,11-12H2,1-2H3. The average molecular weight is 267 g/mol. The van der Waals surface area contributed by atoms with Gasteiger partial charge in [0.25, 0.3) is 0 Å². The van der Waals surface area contributed by atoms with Crippen LogP contribution in [0.3, 0.4) is 0 Å². The number of para-hydroxylation sites is 1. The van der Waals surface area contributed by atoms with Crippen molar-refractivity contribution in [3.8, 4) is 0 Å². The van der Waals surface area contributed by atoms with Crippen LogP contribution in [0.5, 0.6) is 0 Å². The zero-order chi connectivity index (χ0) is 13.9. The molecule has 1 atom stereocenters. The second-order valence-electron chi connectivity index (χ2n) is 5.65. The molecule has 104 valence electrons. The number of benzene rings is 2. The summed E-state index contributed by atoms with van der Waals surface area (Å²) in [5.41, 5.74) is 5.22. The molecule has 0 radical (unpaired) electrons. The monoisotopic (exact) mass is 267 g/mol. The van der Waals surface area contributed by atoms with E-state index >= 15 is 0 Å². The number of anilines is 1. The Morgan fingerprint density at radius 3 is 2.65 bits per heavy atom. The molecule has 2 nitrogen and oxygen atoms in total. The maximum atomic E-state index is 5.72. The summed E-state index contributed by atoms with van der Waals surface area (Å²) in [5, 5.41) is 3.66. The van der Waals surface area contributed by atoms with Gasteiger partial charge in [-0.2, -0.15) is 0 Å². The molecule has 0 bridgehead atoms. The molecule has 1 unspecified atom stereocenters. The molecule has 0 aliphatic carbocycles. The lowest BCUT2D eigenvalue weighted by Crippen LogP contribution is -2.23. The van der Waals surface area contributed by atoms with Gasteiger partial charge in [0.15, 0.2) is 0 Å². The van der Waals surface area contributed by atoms with E-state index in [-0.39, 0.29) is 6.04 Å². The Kier molecular flexibility index (Phi) is 3.75. The summed E-state index contributed by atoms with van der Waals surface area (Å²) in [6.45, 7) is 5.90. The SMILES string of the molecule is CC(C)c1ccccc1NC1COCc2ccccc21. The Morgan fingerprint density at radius 2 is 1.80 bits per heavy atom. The van der Waals surface area contributed by atoms with E-state index in [1.807, 2.05) is 0 Å². The van der Waals surface area contributed by atoms with E-state index in [1.54, 1.807) is 0 Å². The summed E-state index contributed by atoms with van der Waals surface area (Å²) in [4.78, 5) is 0. The van der Waals surface area contributed by atoms with Crippen LogP contribution in [0.25, 0.3) is 0 Å². The predicted molar refractivity (Wildman–Crippen MR) is 83.0 cm³/mol. The molecule has 2 heteroatoms. The summed E-state index contributed by atoms with van der Waals surface area (Å²) in [7, 11) is 0. The van der Waals surface area contributed by atoms with E-state index in [9.17, 15) is 0 Å². The average Bonchev–Trinajstić information content (AvgIpc) is 2.48. The normalized spacial score (nSPS) is 17.9. The van der Waals surface area contributed by atoms with Crippen molar-refractivity contribution in [1.82, 2.24) is 0 Å². The van der Waals surface area contributed by atoms with Gasteiger partial charge in [-0.1, -0.05) is 56.3 Å². The van der Waals surface area contributed by atoms with Crippen LogP contribution in [0.15, 0.2) is 48.5 Å². The number of nitrogens with one attached hydrogen (secondary N) is 1. The highest BCUT2D eigenvalue weighted by molar-refractivity contribution is 5.54. The van der Waals surface area contributed by atoms with Crippen LogP contribution >= 0.6 is 0 Å². The Labute approximate surface area is 120 Å². The number of hydrogen-bond donors (Lipinski definition) is 1. The molecule has 1 aliphatic rings. The number of rotatable bonds is 3. The topological polar surface area (TPSA) is 21.3 Å². The lowest BCUT2D eigenvalue weighted by atomic mass is 9.97. The van der Waals surface area contributed by atoms with Gasteiger partial charge in [-0.3, -0.25) is 0 Å². The molecule has 0 aromatic heterocycles. The fourth-order valence-corrected chi connectivity index (χ4v) is 2.82. The van der Waals surface area contributed by atoms with E-state index in [4.69, 9.17) is 4.74 Å². The quantitative estimate of drug-likeness (QED) is 0.884. The lowest BCUT2D eigenvalue weighted by molar-refractivity contribution is 0.0970. The molecule has 1 aliphatic heterocycles. The van der Waals surface area contributed by atoms with Crippen molar-refractivity contribution in [2.45, 2.75) is 32.4 Å². The summed E-state index contributed by atoms with van der Waals surface area (Å²) in [5.74, 6) is 0.512.